The number of ketones is 1. The number of benzene rings is 1. The molecule has 1 aromatic carbocycles. The first-order valence-corrected chi connectivity index (χ1v) is 5.96. The molecule has 2 heteroatoms. The normalized spacial score (nSPS) is 17.9. The fraction of sp³-hybridized carbons (Fsp3) is 0.417. The monoisotopic (exact) mass is 300 g/mol. The quantitative estimate of drug-likeness (QED) is 0.784. The molecule has 1 aliphatic carbocycles. The molecule has 1 aromatic rings. The summed E-state index contributed by atoms with van der Waals surface area (Å²) in [6, 6.07) is 8.47. The molecule has 0 heterocycles. The molecule has 0 amide bonds. The summed E-state index contributed by atoms with van der Waals surface area (Å²) in [5.74, 6) is 0.357. The Morgan fingerprint density at radius 2 is 1.93 bits per heavy atom. The Kier molecular flexibility index (Phi) is 2.64. The molecule has 1 saturated carbocycles. The number of carbonyl (C=O) groups excluding carboxylic acids is 1. The molecule has 1 nitrogen and oxygen atoms in total. The molecular weight excluding hydrogens is 287 g/mol. The molecule has 0 spiro atoms. The second-order valence-corrected chi connectivity index (χ2v) is 5.39. The second kappa shape index (κ2) is 3.65. The summed E-state index contributed by atoms with van der Waals surface area (Å²) in [5.41, 5.74) is 1.30. The fourth-order valence-corrected chi connectivity index (χ4v) is 2.16. The van der Waals surface area contributed by atoms with E-state index < -0.39 is 0 Å². The van der Waals surface area contributed by atoms with Gasteiger partial charge in [-0.25, -0.2) is 0 Å². The molecule has 0 aromatic heterocycles. The standard InChI is InChI=1S/C12H13IO/c1-9(14)12(6-7-12)8-10-2-4-11(13)5-3-10/h2-5H,6-8H2,1H3. The summed E-state index contributed by atoms with van der Waals surface area (Å²) in [6.07, 6.45) is 3.09. The molecule has 0 unspecified atom stereocenters. The molecule has 1 aliphatic rings. The van der Waals surface area contributed by atoms with E-state index >= 15 is 0 Å². The highest BCUT2D eigenvalue weighted by Crippen LogP contribution is 2.49. The van der Waals surface area contributed by atoms with E-state index in [0.717, 1.165) is 19.3 Å². The van der Waals surface area contributed by atoms with Crippen LogP contribution in [0, 0.1) is 8.99 Å². The summed E-state index contributed by atoms with van der Waals surface area (Å²) in [5, 5.41) is 0. The largest absolute Gasteiger partial charge is 0.299 e. The van der Waals surface area contributed by atoms with Gasteiger partial charge in [-0.1, -0.05) is 12.1 Å². The van der Waals surface area contributed by atoms with Gasteiger partial charge in [-0.15, -0.1) is 0 Å². The topological polar surface area (TPSA) is 17.1 Å². The summed E-state index contributed by atoms with van der Waals surface area (Å²) >= 11 is 2.30. The highest BCUT2D eigenvalue weighted by Gasteiger charge is 2.46. The van der Waals surface area contributed by atoms with Gasteiger partial charge >= 0.3 is 0 Å². The van der Waals surface area contributed by atoms with E-state index in [-0.39, 0.29) is 5.41 Å². The Balaban J connectivity index is 2.11. The highest BCUT2D eigenvalue weighted by atomic mass is 127. The molecule has 74 valence electrons. The van der Waals surface area contributed by atoms with Gasteiger partial charge < -0.3 is 0 Å². The van der Waals surface area contributed by atoms with Crippen molar-refractivity contribution in [1.29, 1.82) is 0 Å². The van der Waals surface area contributed by atoms with Crippen molar-refractivity contribution in [1.82, 2.24) is 0 Å². The lowest BCUT2D eigenvalue weighted by Crippen LogP contribution is -2.14. The van der Waals surface area contributed by atoms with Crippen molar-refractivity contribution in [3.05, 3.63) is 33.4 Å². The zero-order valence-corrected chi connectivity index (χ0v) is 10.4. The van der Waals surface area contributed by atoms with Gasteiger partial charge in [-0.2, -0.15) is 0 Å². The predicted octanol–water partition coefficient (Wildman–Crippen LogP) is 3.20. The van der Waals surface area contributed by atoms with Gasteiger partial charge in [0.15, 0.2) is 0 Å². The molecule has 0 saturated heterocycles. The predicted molar refractivity (Wildman–Crippen MR) is 65.2 cm³/mol. The lowest BCUT2D eigenvalue weighted by atomic mass is 9.93. The second-order valence-electron chi connectivity index (χ2n) is 4.14. The van der Waals surface area contributed by atoms with Crippen LogP contribution in [0.1, 0.15) is 25.3 Å². The molecule has 0 aliphatic heterocycles. The lowest BCUT2D eigenvalue weighted by Gasteiger charge is -2.10. The Morgan fingerprint density at radius 1 is 1.36 bits per heavy atom. The highest BCUT2D eigenvalue weighted by molar-refractivity contribution is 14.1. The van der Waals surface area contributed by atoms with Gasteiger partial charge in [-0.3, -0.25) is 4.79 Å². The van der Waals surface area contributed by atoms with Crippen LogP contribution in [0.15, 0.2) is 24.3 Å². The van der Waals surface area contributed by atoms with Crippen molar-refractivity contribution < 1.29 is 4.79 Å². The van der Waals surface area contributed by atoms with Crippen molar-refractivity contribution in [2.45, 2.75) is 26.2 Å². The van der Waals surface area contributed by atoms with Crippen LogP contribution >= 0.6 is 22.6 Å². The van der Waals surface area contributed by atoms with Crippen molar-refractivity contribution >= 4 is 28.4 Å². The summed E-state index contributed by atoms with van der Waals surface area (Å²) < 4.78 is 1.25. The van der Waals surface area contributed by atoms with Gasteiger partial charge in [-0.05, 0) is 66.5 Å². The van der Waals surface area contributed by atoms with Crippen LogP contribution in [0.3, 0.4) is 0 Å². The van der Waals surface area contributed by atoms with Crippen LogP contribution in [-0.2, 0) is 11.2 Å². The Bertz CT molecular complexity index is 349. The average molecular weight is 300 g/mol. The first-order chi connectivity index (χ1) is 6.62. The molecule has 2 rings (SSSR count). The van der Waals surface area contributed by atoms with Crippen LogP contribution in [0.5, 0.6) is 0 Å². The first-order valence-electron chi connectivity index (χ1n) is 4.88. The molecule has 0 N–H and O–H groups in total. The molecule has 0 atom stereocenters. The van der Waals surface area contributed by atoms with E-state index in [0.29, 0.717) is 5.78 Å². The summed E-state index contributed by atoms with van der Waals surface area (Å²) in [6.45, 7) is 1.72. The SMILES string of the molecule is CC(=O)C1(Cc2ccc(I)cc2)CC1. The summed E-state index contributed by atoms with van der Waals surface area (Å²) in [7, 11) is 0. The fourth-order valence-electron chi connectivity index (χ4n) is 1.80. The van der Waals surface area contributed by atoms with Gasteiger partial charge in [0, 0.05) is 8.99 Å². The van der Waals surface area contributed by atoms with Crippen LogP contribution in [0.2, 0.25) is 0 Å². The zero-order chi connectivity index (χ0) is 10.2. The lowest BCUT2D eigenvalue weighted by molar-refractivity contribution is -0.121. The average Bonchev–Trinajstić information content (AvgIpc) is 2.90. The summed E-state index contributed by atoms with van der Waals surface area (Å²) in [4.78, 5) is 11.4. The maximum absolute atomic E-state index is 11.4. The van der Waals surface area contributed by atoms with E-state index in [4.69, 9.17) is 0 Å². The zero-order valence-electron chi connectivity index (χ0n) is 8.22. The number of Topliss-reactive ketones (excluding diaryl/α,β-unsaturated/α-hetero) is 1. The first kappa shape index (κ1) is 10.1. The van der Waals surface area contributed by atoms with Crippen LogP contribution in [-0.4, -0.2) is 5.78 Å². The molecule has 0 bridgehead atoms. The number of halogens is 1. The third-order valence-corrected chi connectivity index (χ3v) is 3.78. The minimum atomic E-state index is 0.00674. The molecule has 0 radical (unpaired) electrons. The third kappa shape index (κ3) is 2.00. The van der Waals surface area contributed by atoms with Gasteiger partial charge in [0.1, 0.15) is 5.78 Å². The van der Waals surface area contributed by atoms with Crippen molar-refractivity contribution in [2.24, 2.45) is 5.41 Å². The third-order valence-electron chi connectivity index (χ3n) is 3.06. The van der Waals surface area contributed by atoms with E-state index in [2.05, 4.69) is 46.9 Å². The Hall–Kier alpha value is -0.380. The van der Waals surface area contributed by atoms with Crippen molar-refractivity contribution in [3.8, 4) is 0 Å². The molecule has 14 heavy (non-hydrogen) atoms. The van der Waals surface area contributed by atoms with Gasteiger partial charge in [0.2, 0.25) is 0 Å². The van der Waals surface area contributed by atoms with Crippen molar-refractivity contribution in [2.75, 3.05) is 0 Å². The minimum absolute atomic E-state index is 0.00674. The maximum atomic E-state index is 11.4. The van der Waals surface area contributed by atoms with Crippen LogP contribution in [0.4, 0.5) is 0 Å². The number of carbonyl (C=O) groups is 1. The number of rotatable bonds is 3. The Labute approximate surface area is 98.0 Å². The van der Waals surface area contributed by atoms with Crippen LogP contribution < -0.4 is 0 Å². The molecule has 1 fully saturated rings. The van der Waals surface area contributed by atoms with E-state index in [1.54, 1.807) is 6.92 Å². The van der Waals surface area contributed by atoms with E-state index in [1.165, 1.54) is 9.13 Å². The minimum Gasteiger partial charge on any atom is -0.299 e. The smallest absolute Gasteiger partial charge is 0.136 e. The van der Waals surface area contributed by atoms with Crippen molar-refractivity contribution in [3.63, 3.8) is 0 Å². The van der Waals surface area contributed by atoms with E-state index in [1.807, 2.05) is 0 Å². The molecular formula is C12H13IO. The van der Waals surface area contributed by atoms with E-state index in [9.17, 15) is 4.79 Å². The van der Waals surface area contributed by atoms with Gasteiger partial charge in [0.25, 0.3) is 0 Å². The van der Waals surface area contributed by atoms with Gasteiger partial charge in [0.05, 0.1) is 0 Å². The number of hydrogen-bond acceptors (Lipinski definition) is 1. The number of hydrogen-bond donors (Lipinski definition) is 0. The van der Waals surface area contributed by atoms with Crippen LogP contribution in [0.25, 0.3) is 0 Å². The maximum Gasteiger partial charge on any atom is 0.136 e. The Morgan fingerprint density at radius 3 is 2.36 bits per heavy atom.